The Morgan fingerprint density at radius 2 is 1.50 bits per heavy atom. The number of halogens is 1. The number of anilines is 1. The third-order valence-corrected chi connectivity index (χ3v) is 7.33. The van der Waals surface area contributed by atoms with Gasteiger partial charge in [0.25, 0.3) is 0 Å². The highest BCUT2D eigenvalue weighted by Gasteiger charge is 2.27. The summed E-state index contributed by atoms with van der Waals surface area (Å²) in [4.78, 5) is 0. The third kappa shape index (κ3) is 4.22. The molecule has 0 aliphatic heterocycles. The molecule has 0 aromatic heterocycles. The number of benzene rings is 1. The summed E-state index contributed by atoms with van der Waals surface area (Å²) in [6, 6.07) is 6.46. The van der Waals surface area contributed by atoms with Crippen molar-refractivity contribution >= 4 is 37.0 Å². The molecule has 1 aromatic rings. The van der Waals surface area contributed by atoms with Gasteiger partial charge >= 0.3 is 0 Å². The number of hydrogen-bond donors (Lipinski definition) is 1. The second kappa shape index (κ2) is 6.60. The van der Waals surface area contributed by atoms with Crippen molar-refractivity contribution in [1.82, 2.24) is 0 Å². The van der Waals surface area contributed by atoms with Crippen LogP contribution in [0, 0.1) is 0 Å². The molecule has 0 bridgehead atoms. The predicted octanol–water partition coefficient (Wildman–Crippen LogP) is 2.42. The van der Waals surface area contributed by atoms with Crippen molar-refractivity contribution in [3.8, 4) is 0 Å². The Kier molecular flexibility index (Phi) is 5.61. The zero-order chi connectivity index (χ0) is 15.4. The molecule has 0 fully saturated rings. The van der Waals surface area contributed by atoms with Crippen molar-refractivity contribution in [3.05, 3.63) is 39.7 Å². The number of hydrogen-bond acceptors (Lipinski definition) is 5. The first-order valence-electron chi connectivity index (χ1n) is 5.90. The smallest absolute Gasteiger partial charge is 0.190 e. The van der Waals surface area contributed by atoms with Crippen LogP contribution in [0.5, 0.6) is 0 Å². The first kappa shape index (κ1) is 17.0. The van der Waals surface area contributed by atoms with Gasteiger partial charge in [-0.1, -0.05) is 25.4 Å². The van der Waals surface area contributed by atoms with Gasteiger partial charge in [0, 0.05) is 16.9 Å². The Labute approximate surface area is 124 Å². The Morgan fingerprint density at radius 1 is 1.05 bits per heavy atom. The molecule has 20 heavy (non-hydrogen) atoms. The fourth-order valence-corrected chi connectivity index (χ4v) is 4.77. The molecule has 0 saturated heterocycles. The van der Waals surface area contributed by atoms with Crippen molar-refractivity contribution in [3.63, 3.8) is 0 Å². The van der Waals surface area contributed by atoms with Crippen LogP contribution in [0.2, 0.25) is 5.02 Å². The fraction of sp³-hybridized carbons (Fsp3) is 0.333. The molecule has 0 heterocycles. The van der Waals surface area contributed by atoms with Crippen molar-refractivity contribution in [2.75, 3.05) is 16.8 Å². The molecule has 0 aliphatic rings. The molecule has 1 rings (SSSR count). The lowest BCUT2D eigenvalue weighted by Crippen LogP contribution is -2.18. The molecule has 1 aromatic carbocycles. The van der Waals surface area contributed by atoms with Gasteiger partial charge in [-0.25, -0.2) is 16.8 Å². The fourth-order valence-electron chi connectivity index (χ4n) is 1.35. The van der Waals surface area contributed by atoms with E-state index in [-0.39, 0.29) is 11.5 Å². The van der Waals surface area contributed by atoms with E-state index in [0.29, 0.717) is 10.7 Å². The summed E-state index contributed by atoms with van der Waals surface area (Å²) >= 11 is 5.73. The van der Waals surface area contributed by atoms with Crippen molar-refractivity contribution in [2.24, 2.45) is 0 Å². The van der Waals surface area contributed by atoms with Gasteiger partial charge in [0.05, 0.1) is 11.5 Å². The molecule has 0 amide bonds. The molecule has 0 radical (unpaired) electrons. The summed E-state index contributed by atoms with van der Waals surface area (Å²) in [6.07, 6.45) is 1.01. The molecule has 1 N–H and O–H groups in total. The van der Waals surface area contributed by atoms with Gasteiger partial charge in [-0.15, -0.1) is 0 Å². The van der Waals surface area contributed by atoms with Gasteiger partial charge < -0.3 is 5.32 Å². The molecule has 112 valence electrons. The summed E-state index contributed by atoms with van der Waals surface area (Å²) in [6.45, 7) is 2.80. The van der Waals surface area contributed by atoms with Crippen LogP contribution in [0.25, 0.3) is 0 Å². The van der Waals surface area contributed by atoms with E-state index in [1.807, 2.05) is 0 Å². The van der Waals surface area contributed by atoms with Crippen LogP contribution in [0.1, 0.15) is 13.8 Å². The van der Waals surface area contributed by atoms with Crippen molar-refractivity contribution < 1.29 is 16.8 Å². The van der Waals surface area contributed by atoms with E-state index < -0.39 is 23.9 Å². The van der Waals surface area contributed by atoms with Crippen LogP contribution in [0.4, 0.5) is 5.69 Å². The number of nitrogens with one attached hydrogen (secondary N) is 1. The Balaban J connectivity index is 3.19. The lowest BCUT2D eigenvalue weighted by Gasteiger charge is -2.08. The van der Waals surface area contributed by atoms with Gasteiger partial charge in [0.15, 0.2) is 23.9 Å². The molecule has 0 unspecified atom stereocenters. The maximum Gasteiger partial charge on any atom is 0.190 e. The normalized spacial score (nSPS) is 11.9. The monoisotopic (exact) mass is 337 g/mol. The van der Waals surface area contributed by atoms with E-state index in [1.165, 1.54) is 13.8 Å². The van der Waals surface area contributed by atoms with Gasteiger partial charge in [0.2, 0.25) is 0 Å². The van der Waals surface area contributed by atoms with Crippen molar-refractivity contribution in [2.45, 2.75) is 13.8 Å². The Hall–Kier alpha value is -1.05. The number of sulfone groups is 2. The van der Waals surface area contributed by atoms with Crippen LogP contribution in [0.3, 0.4) is 0 Å². The van der Waals surface area contributed by atoms with Crippen LogP contribution in [0.15, 0.2) is 34.7 Å². The summed E-state index contributed by atoms with van der Waals surface area (Å²) in [5.41, 5.74) is 0.546. The lowest BCUT2D eigenvalue weighted by atomic mass is 10.3. The average Bonchev–Trinajstić information content (AvgIpc) is 2.40. The molecule has 0 saturated carbocycles. The minimum absolute atomic E-state index is 0.277. The molecule has 0 atom stereocenters. The molecule has 8 heteroatoms. The minimum Gasteiger partial charge on any atom is -0.360 e. The van der Waals surface area contributed by atoms with E-state index in [4.69, 9.17) is 11.6 Å². The maximum absolute atomic E-state index is 11.9. The Morgan fingerprint density at radius 3 is 1.90 bits per heavy atom. The van der Waals surface area contributed by atoms with Gasteiger partial charge in [0.1, 0.15) is 0 Å². The SMILES string of the molecule is CCS(=O)(=O)C(=CNc1ccc(Cl)cc1)S(=O)(=O)CC. The summed E-state index contributed by atoms with van der Waals surface area (Å²) in [7, 11) is -7.65. The van der Waals surface area contributed by atoms with E-state index in [1.54, 1.807) is 24.3 Å². The van der Waals surface area contributed by atoms with Crippen LogP contribution < -0.4 is 5.32 Å². The van der Waals surface area contributed by atoms with E-state index in [9.17, 15) is 16.8 Å². The van der Waals surface area contributed by atoms with Crippen LogP contribution in [-0.2, 0) is 19.7 Å². The van der Waals surface area contributed by atoms with Gasteiger partial charge in [-0.05, 0) is 24.3 Å². The molecule has 0 aliphatic carbocycles. The molecule has 5 nitrogen and oxygen atoms in total. The van der Waals surface area contributed by atoms with Gasteiger partial charge in [-0.3, -0.25) is 0 Å². The predicted molar refractivity (Wildman–Crippen MR) is 82.1 cm³/mol. The second-order valence-corrected chi connectivity index (χ2v) is 9.11. The second-order valence-electron chi connectivity index (χ2n) is 3.92. The van der Waals surface area contributed by atoms with Crippen molar-refractivity contribution in [1.29, 1.82) is 0 Å². The third-order valence-electron chi connectivity index (χ3n) is 2.57. The summed E-state index contributed by atoms with van der Waals surface area (Å²) < 4.78 is 46.9. The minimum atomic E-state index is -3.82. The van der Waals surface area contributed by atoms with Gasteiger partial charge in [-0.2, -0.15) is 0 Å². The zero-order valence-corrected chi connectivity index (χ0v) is 13.5. The largest absolute Gasteiger partial charge is 0.360 e. The van der Waals surface area contributed by atoms with Crippen LogP contribution in [-0.4, -0.2) is 28.3 Å². The van der Waals surface area contributed by atoms with Crippen LogP contribution >= 0.6 is 11.6 Å². The quantitative estimate of drug-likeness (QED) is 0.862. The standard InChI is InChI=1S/C12H16ClNO4S2/c1-3-19(15,16)12(20(17,18)4-2)9-14-11-7-5-10(13)6-8-11/h5-9,14H,3-4H2,1-2H3. The lowest BCUT2D eigenvalue weighted by molar-refractivity contribution is 0.596. The highest BCUT2D eigenvalue weighted by atomic mass is 35.5. The highest BCUT2D eigenvalue weighted by Crippen LogP contribution is 2.19. The molecule has 0 spiro atoms. The molecular weight excluding hydrogens is 322 g/mol. The van der Waals surface area contributed by atoms with E-state index >= 15 is 0 Å². The first-order chi connectivity index (χ1) is 9.23. The summed E-state index contributed by atoms with van der Waals surface area (Å²) in [5, 5.41) is 3.20. The topological polar surface area (TPSA) is 80.3 Å². The van der Waals surface area contributed by atoms with E-state index in [2.05, 4.69) is 5.32 Å². The highest BCUT2D eigenvalue weighted by molar-refractivity contribution is 8.14. The Bertz CT molecular complexity index is 655. The average molecular weight is 338 g/mol. The number of rotatable bonds is 6. The first-order valence-corrected chi connectivity index (χ1v) is 9.59. The zero-order valence-electron chi connectivity index (χ0n) is 11.1. The van der Waals surface area contributed by atoms with E-state index in [0.717, 1.165) is 6.20 Å². The summed E-state index contributed by atoms with van der Waals surface area (Å²) in [5.74, 6) is -0.555. The maximum atomic E-state index is 11.9. The molecular formula is C12H16ClNO4S2.